The Morgan fingerprint density at radius 2 is 2.21 bits per heavy atom. The average molecular weight is 221 g/mol. The molecule has 14 heavy (non-hydrogen) atoms. The largest absolute Gasteiger partial charge is 0.480 e. The fraction of sp³-hybridized carbons (Fsp3) is 0.750. The van der Waals surface area contributed by atoms with Crippen molar-refractivity contribution < 1.29 is 19.8 Å². The molecule has 5 nitrogen and oxygen atoms in total. The van der Waals surface area contributed by atoms with Crippen LogP contribution in [0.5, 0.6) is 0 Å². The molecule has 0 saturated heterocycles. The molecule has 2 atom stereocenters. The van der Waals surface area contributed by atoms with Crippen LogP contribution in [0.1, 0.15) is 13.3 Å². The average Bonchev–Trinajstić information content (AvgIpc) is 2.16. The van der Waals surface area contributed by atoms with Crippen molar-refractivity contribution in [3.8, 4) is 0 Å². The van der Waals surface area contributed by atoms with E-state index >= 15 is 0 Å². The normalized spacial score (nSPS) is 14.4. The van der Waals surface area contributed by atoms with Gasteiger partial charge < -0.3 is 15.5 Å². The quantitative estimate of drug-likeness (QED) is 0.489. The highest BCUT2D eigenvalue weighted by Crippen LogP contribution is 2.07. The number of carbonyl (C=O) groups is 2. The molecule has 0 aliphatic rings. The van der Waals surface area contributed by atoms with E-state index in [4.69, 9.17) is 5.11 Å². The molecule has 0 aliphatic heterocycles. The molecule has 0 bridgehead atoms. The predicted octanol–water partition coefficient (Wildman–Crippen LogP) is -0.310. The maximum atomic E-state index is 10.5. The van der Waals surface area contributed by atoms with Gasteiger partial charge in [-0.1, -0.05) is 6.92 Å². The van der Waals surface area contributed by atoms with E-state index < -0.39 is 18.1 Å². The van der Waals surface area contributed by atoms with E-state index in [9.17, 15) is 14.7 Å². The van der Waals surface area contributed by atoms with Crippen LogP contribution in [0.15, 0.2) is 0 Å². The summed E-state index contributed by atoms with van der Waals surface area (Å²) in [6, 6.07) is -0.874. The molecular weight excluding hydrogens is 206 g/mol. The summed E-state index contributed by atoms with van der Waals surface area (Å²) in [4.78, 5) is 20.6. The first-order valence-corrected chi connectivity index (χ1v) is 5.45. The molecule has 1 amide bonds. The number of carboxylic acid groups (broad SMARTS) is 1. The van der Waals surface area contributed by atoms with Gasteiger partial charge in [-0.25, -0.2) is 4.79 Å². The summed E-state index contributed by atoms with van der Waals surface area (Å²) < 4.78 is 0. The molecule has 0 aromatic rings. The van der Waals surface area contributed by atoms with E-state index in [0.29, 0.717) is 18.6 Å². The van der Waals surface area contributed by atoms with Crippen LogP contribution in [0.2, 0.25) is 0 Å². The van der Waals surface area contributed by atoms with Gasteiger partial charge in [0.1, 0.15) is 6.04 Å². The number of hydrogen-bond acceptors (Lipinski definition) is 4. The number of thioether (sulfide) groups is 1. The second-order valence-electron chi connectivity index (χ2n) is 2.77. The van der Waals surface area contributed by atoms with Gasteiger partial charge in [0.25, 0.3) is 0 Å². The first-order chi connectivity index (χ1) is 6.61. The summed E-state index contributed by atoms with van der Waals surface area (Å²) in [7, 11) is 0. The number of amides is 1. The number of carboxylic acids is 1. The Bertz CT molecular complexity index is 188. The summed E-state index contributed by atoms with van der Waals surface area (Å²) >= 11 is 1.31. The molecule has 0 aliphatic carbocycles. The third-order valence-corrected chi connectivity index (χ3v) is 2.82. The predicted molar refractivity (Wildman–Crippen MR) is 54.2 cm³/mol. The summed E-state index contributed by atoms with van der Waals surface area (Å²) in [5.41, 5.74) is 0. The van der Waals surface area contributed by atoms with Crippen LogP contribution < -0.4 is 5.32 Å². The van der Waals surface area contributed by atoms with Gasteiger partial charge in [0, 0.05) is 11.5 Å². The van der Waals surface area contributed by atoms with Crippen molar-refractivity contribution in [3.63, 3.8) is 0 Å². The zero-order valence-electron chi connectivity index (χ0n) is 7.97. The molecule has 0 spiro atoms. The third-order valence-electron chi connectivity index (χ3n) is 1.63. The number of hydrogen-bond donors (Lipinski definition) is 3. The minimum Gasteiger partial charge on any atom is -0.480 e. The van der Waals surface area contributed by atoms with Crippen molar-refractivity contribution in [2.45, 2.75) is 25.5 Å². The van der Waals surface area contributed by atoms with Crippen LogP contribution in [-0.4, -0.2) is 46.2 Å². The lowest BCUT2D eigenvalue weighted by Crippen LogP contribution is -2.38. The zero-order chi connectivity index (χ0) is 11.0. The van der Waals surface area contributed by atoms with E-state index in [2.05, 4.69) is 5.32 Å². The molecule has 3 N–H and O–H groups in total. The summed E-state index contributed by atoms with van der Waals surface area (Å²) in [5.74, 6) is -0.304. The van der Waals surface area contributed by atoms with E-state index in [0.717, 1.165) is 0 Å². The SMILES string of the molecule is CCC(O)CSCC(NC=O)C(=O)O. The van der Waals surface area contributed by atoms with Crippen LogP contribution in [0.3, 0.4) is 0 Å². The Kier molecular flexibility index (Phi) is 7.23. The maximum absolute atomic E-state index is 10.5. The molecule has 0 radical (unpaired) electrons. The Labute approximate surface area is 86.9 Å². The van der Waals surface area contributed by atoms with Crippen molar-refractivity contribution >= 4 is 24.1 Å². The van der Waals surface area contributed by atoms with Gasteiger partial charge in [-0.15, -0.1) is 0 Å². The highest BCUT2D eigenvalue weighted by atomic mass is 32.2. The minimum absolute atomic E-state index is 0.269. The van der Waals surface area contributed by atoms with Crippen LogP contribution in [0.4, 0.5) is 0 Å². The van der Waals surface area contributed by atoms with E-state index in [1.54, 1.807) is 0 Å². The fourth-order valence-electron chi connectivity index (χ4n) is 0.713. The first-order valence-electron chi connectivity index (χ1n) is 4.30. The smallest absolute Gasteiger partial charge is 0.327 e. The number of aliphatic hydroxyl groups is 1. The van der Waals surface area contributed by atoms with Crippen LogP contribution in [0.25, 0.3) is 0 Å². The van der Waals surface area contributed by atoms with E-state index in [1.807, 2.05) is 6.92 Å². The lowest BCUT2D eigenvalue weighted by atomic mass is 10.3. The number of nitrogens with one attached hydrogen (secondary N) is 1. The standard InChI is InChI=1S/C8H15NO4S/c1-2-6(11)3-14-4-7(8(12)13)9-5-10/h5-7,11H,2-4H2,1H3,(H,9,10)(H,12,13). The summed E-state index contributed by atoms with van der Waals surface area (Å²) in [6.07, 6.45) is 0.604. The highest BCUT2D eigenvalue weighted by molar-refractivity contribution is 7.99. The van der Waals surface area contributed by atoms with Crippen LogP contribution in [0, 0.1) is 0 Å². The molecule has 0 fully saturated rings. The van der Waals surface area contributed by atoms with Crippen molar-refractivity contribution in [3.05, 3.63) is 0 Å². The Hall–Kier alpha value is -0.750. The third kappa shape index (κ3) is 5.82. The topological polar surface area (TPSA) is 86.6 Å². The number of carbonyl (C=O) groups excluding carboxylic acids is 1. The lowest BCUT2D eigenvalue weighted by Gasteiger charge is -2.12. The molecule has 0 heterocycles. The molecule has 6 heteroatoms. The van der Waals surface area contributed by atoms with Crippen molar-refractivity contribution in [1.82, 2.24) is 5.32 Å². The van der Waals surface area contributed by atoms with Gasteiger partial charge in [0.05, 0.1) is 6.10 Å². The molecular formula is C8H15NO4S. The number of rotatable bonds is 8. The highest BCUT2D eigenvalue weighted by Gasteiger charge is 2.16. The maximum Gasteiger partial charge on any atom is 0.327 e. The number of aliphatic carboxylic acids is 1. The van der Waals surface area contributed by atoms with Gasteiger partial charge in [0.2, 0.25) is 6.41 Å². The van der Waals surface area contributed by atoms with Gasteiger partial charge in [-0.2, -0.15) is 11.8 Å². The van der Waals surface area contributed by atoms with Crippen molar-refractivity contribution in [2.24, 2.45) is 0 Å². The summed E-state index contributed by atoms with van der Waals surface area (Å²) in [6.45, 7) is 1.85. The molecule has 82 valence electrons. The van der Waals surface area contributed by atoms with Crippen LogP contribution in [-0.2, 0) is 9.59 Å². The van der Waals surface area contributed by atoms with Crippen molar-refractivity contribution in [1.29, 1.82) is 0 Å². The van der Waals surface area contributed by atoms with Gasteiger partial charge >= 0.3 is 5.97 Å². The molecule has 2 unspecified atom stereocenters. The Morgan fingerprint density at radius 1 is 1.57 bits per heavy atom. The van der Waals surface area contributed by atoms with Crippen molar-refractivity contribution in [2.75, 3.05) is 11.5 Å². The molecule has 0 aromatic heterocycles. The monoisotopic (exact) mass is 221 g/mol. The molecule has 0 saturated carbocycles. The zero-order valence-corrected chi connectivity index (χ0v) is 8.79. The van der Waals surface area contributed by atoms with Gasteiger partial charge in [0.15, 0.2) is 0 Å². The van der Waals surface area contributed by atoms with E-state index in [-0.39, 0.29) is 5.75 Å². The summed E-state index contributed by atoms with van der Waals surface area (Å²) in [5, 5.41) is 20.0. The number of aliphatic hydroxyl groups excluding tert-OH is 1. The van der Waals surface area contributed by atoms with Gasteiger partial charge in [-0.3, -0.25) is 4.79 Å². The van der Waals surface area contributed by atoms with Gasteiger partial charge in [-0.05, 0) is 6.42 Å². The fourth-order valence-corrected chi connectivity index (χ4v) is 1.83. The molecule has 0 aromatic carbocycles. The Morgan fingerprint density at radius 3 is 2.64 bits per heavy atom. The second-order valence-corrected chi connectivity index (χ2v) is 3.85. The second kappa shape index (κ2) is 7.64. The van der Waals surface area contributed by atoms with E-state index in [1.165, 1.54) is 11.8 Å². The Balaban J connectivity index is 3.71. The molecule has 0 rings (SSSR count). The minimum atomic E-state index is -1.06. The lowest BCUT2D eigenvalue weighted by molar-refractivity contribution is -0.139. The van der Waals surface area contributed by atoms with Crippen LogP contribution >= 0.6 is 11.8 Å². The first kappa shape index (κ1) is 13.2.